The van der Waals surface area contributed by atoms with Crippen molar-refractivity contribution in [2.45, 2.75) is 6.42 Å². The predicted octanol–water partition coefficient (Wildman–Crippen LogP) is 0.0272. The minimum Gasteiger partial charge on any atom is -0.337 e. The molecular formula is C9H13ClN4O2. The van der Waals surface area contributed by atoms with Gasteiger partial charge in [0.1, 0.15) is 5.88 Å². The summed E-state index contributed by atoms with van der Waals surface area (Å²) in [6.45, 7) is 0.438. The molecule has 0 unspecified atom stereocenters. The van der Waals surface area contributed by atoms with Crippen molar-refractivity contribution in [2.24, 2.45) is 7.05 Å². The van der Waals surface area contributed by atoms with Crippen LogP contribution in [-0.4, -0.2) is 34.1 Å². The summed E-state index contributed by atoms with van der Waals surface area (Å²) in [4.78, 5) is 21.8. The van der Waals surface area contributed by atoms with Crippen LogP contribution in [0.4, 0.5) is 4.79 Å². The molecule has 6 nitrogen and oxygen atoms in total. The molecule has 0 bridgehead atoms. The summed E-state index contributed by atoms with van der Waals surface area (Å²) < 4.78 is 1.69. The molecule has 0 saturated heterocycles. The summed E-state index contributed by atoms with van der Waals surface area (Å²) in [6.07, 6.45) is 4.25. The second-order valence-electron chi connectivity index (χ2n) is 3.21. The third kappa shape index (κ3) is 4.31. The highest BCUT2D eigenvalue weighted by Crippen LogP contribution is 1.95. The van der Waals surface area contributed by atoms with Gasteiger partial charge in [-0.1, -0.05) is 0 Å². The smallest absolute Gasteiger partial charge is 0.321 e. The van der Waals surface area contributed by atoms with Gasteiger partial charge in [-0.15, -0.1) is 11.6 Å². The molecular weight excluding hydrogens is 232 g/mol. The second-order valence-corrected chi connectivity index (χ2v) is 3.48. The fourth-order valence-electron chi connectivity index (χ4n) is 1.13. The number of rotatable bonds is 4. The zero-order valence-electron chi connectivity index (χ0n) is 8.86. The Balaban J connectivity index is 2.20. The standard InChI is InChI=1S/C9H13ClN4O2/c1-14-6-7(5-12-14)2-3-11-9(16)13-8(15)4-10/h5-6H,2-4H2,1H3,(H2,11,13,15,16). The van der Waals surface area contributed by atoms with Crippen molar-refractivity contribution in [2.75, 3.05) is 12.4 Å². The van der Waals surface area contributed by atoms with Gasteiger partial charge < -0.3 is 5.32 Å². The Morgan fingerprint density at radius 3 is 2.88 bits per heavy atom. The Morgan fingerprint density at radius 2 is 2.31 bits per heavy atom. The van der Waals surface area contributed by atoms with Crippen LogP contribution in [0.1, 0.15) is 5.56 Å². The monoisotopic (exact) mass is 244 g/mol. The zero-order valence-corrected chi connectivity index (χ0v) is 9.62. The molecule has 1 aromatic rings. The predicted molar refractivity (Wildman–Crippen MR) is 59.2 cm³/mol. The van der Waals surface area contributed by atoms with Gasteiger partial charge in [0.15, 0.2) is 0 Å². The van der Waals surface area contributed by atoms with Crippen LogP contribution in [0.25, 0.3) is 0 Å². The van der Waals surface area contributed by atoms with Gasteiger partial charge in [0.25, 0.3) is 0 Å². The van der Waals surface area contributed by atoms with Gasteiger partial charge in [-0.25, -0.2) is 4.79 Å². The summed E-state index contributed by atoms with van der Waals surface area (Å²) in [5.74, 6) is -0.740. The number of nitrogens with zero attached hydrogens (tertiary/aromatic N) is 2. The van der Waals surface area contributed by atoms with Gasteiger partial charge in [-0.2, -0.15) is 5.10 Å². The number of alkyl halides is 1. The van der Waals surface area contributed by atoms with Crippen LogP contribution < -0.4 is 10.6 Å². The molecule has 7 heteroatoms. The number of carbonyl (C=O) groups is 2. The summed E-state index contributed by atoms with van der Waals surface area (Å²) in [6, 6.07) is -0.533. The van der Waals surface area contributed by atoms with Gasteiger partial charge in [-0.3, -0.25) is 14.8 Å². The first-order valence-electron chi connectivity index (χ1n) is 4.73. The highest BCUT2D eigenvalue weighted by atomic mass is 35.5. The van der Waals surface area contributed by atoms with Crippen molar-refractivity contribution in [3.8, 4) is 0 Å². The lowest BCUT2D eigenvalue weighted by atomic mass is 10.2. The minimum absolute atomic E-state index is 0.226. The van der Waals surface area contributed by atoms with E-state index in [0.717, 1.165) is 5.56 Å². The molecule has 1 aromatic heterocycles. The lowest BCUT2D eigenvalue weighted by Gasteiger charge is -2.03. The lowest BCUT2D eigenvalue weighted by Crippen LogP contribution is -2.40. The molecule has 0 fully saturated rings. The number of aryl methyl sites for hydroxylation is 1. The number of aromatic nitrogens is 2. The minimum atomic E-state index is -0.533. The highest BCUT2D eigenvalue weighted by Gasteiger charge is 2.05. The van der Waals surface area contributed by atoms with Gasteiger partial charge in [0.05, 0.1) is 6.20 Å². The molecule has 2 N–H and O–H groups in total. The summed E-state index contributed by atoms with van der Waals surface area (Å²) in [7, 11) is 1.82. The Labute approximate surface area is 98.0 Å². The normalized spacial score (nSPS) is 9.88. The van der Waals surface area contributed by atoms with E-state index in [1.165, 1.54) is 0 Å². The molecule has 0 aliphatic heterocycles. The van der Waals surface area contributed by atoms with Crippen molar-refractivity contribution >= 4 is 23.5 Å². The number of carbonyl (C=O) groups excluding carboxylic acids is 2. The molecule has 1 heterocycles. The van der Waals surface area contributed by atoms with Crippen molar-refractivity contribution in [1.29, 1.82) is 0 Å². The average molecular weight is 245 g/mol. The number of urea groups is 1. The average Bonchev–Trinajstić information content (AvgIpc) is 2.64. The zero-order chi connectivity index (χ0) is 12.0. The van der Waals surface area contributed by atoms with Crippen LogP contribution in [0.15, 0.2) is 12.4 Å². The third-order valence-electron chi connectivity index (χ3n) is 1.83. The Hall–Kier alpha value is -1.56. The van der Waals surface area contributed by atoms with Crippen LogP contribution in [-0.2, 0) is 18.3 Å². The first-order chi connectivity index (χ1) is 7.61. The van der Waals surface area contributed by atoms with Gasteiger partial charge in [-0.05, 0) is 12.0 Å². The van der Waals surface area contributed by atoms with E-state index in [4.69, 9.17) is 11.6 Å². The number of hydrogen-bond donors (Lipinski definition) is 2. The highest BCUT2D eigenvalue weighted by molar-refractivity contribution is 6.28. The van der Waals surface area contributed by atoms with E-state index in [2.05, 4.69) is 15.7 Å². The van der Waals surface area contributed by atoms with E-state index < -0.39 is 11.9 Å². The number of imide groups is 1. The number of halogens is 1. The van der Waals surface area contributed by atoms with Gasteiger partial charge in [0, 0.05) is 19.8 Å². The Kier molecular flexibility index (Phi) is 4.78. The SMILES string of the molecule is Cn1cc(CCNC(=O)NC(=O)CCl)cn1. The molecule has 0 aromatic carbocycles. The van der Waals surface area contributed by atoms with E-state index in [9.17, 15) is 9.59 Å². The molecule has 16 heavy (non-hydrogen) atoms. The number of amides is 3. The maximum atomic E-state index is 11.1. The quantitative estimate of drug-likeness (QED) is 0.734. The van der Waals surface area contributed by atoms with Crippen LogP contribution in [0.3, 0.4) is 0 Å². The first kappa shape index (κ1) is 12.5. The number of hydrogen-bond acceptors (Lipinski definition) is 3. The van der Waals surface area contributed by atoms with Crippen LogP contribution >= 0.6 is 11.6 Å². The van der Waals surface area contributed by atoms with E-state index in [1.54, 1.807) is 10.9 Å². The molecule has 3 amide bonds. The van der Waals surface area contributed by atoms with Crippen LogP contribution in [0, 0.1) is 0 Å². The molecule has 0 aliphatic carbocycles. The summed E-state index contributed by atoms with van der Waals surface area (Å²) in [5.41, 5.74) is 1.02. The van der Waals surface area contributed by atoms with Gasteiger partial charge >= 0.3 is 6.03 Å². The van der Waals surface area contributed by atoms with E-state index in [1.807, 2.05) is 13.2 Å². The third-order valence-corrected chi connectivity index (χ3v) is 2.07. The van der Waals surface area contributed by atoms with Crippen molar-refractivity contribution in [1.82, 2.24) is 20.4 Å². The van der Waals surface area contributed by atoms with E-state index in [0.29, 0.717) is 13.0 Å². The molecule has 1 rings (SSSR count). The fraction of sp³-hybridized carbons (Fsp3) is 0.444. The van der Waals surface area contributed by atoms with Crippen molar-refractivity contribution in [3.05, 3.63) is 18.0 Å². The second kappa shape index (κ2) is 6.12. The lowest BCUT2D eigenvalue weighted by molar-refractivity contribution is -0.117. The largest absolute Gasteiger partial charge is 0.337 e. The molecule has 0 radical (unpaired) electrons. The molecule has 0 atom stereocenters. The topological polar surface area (TPSA) is 76.0 Å². The van der Waals surface area contributed by atoms with E-state index in [-0.39, 0.29) is 5.88 Å². The molecule has 0 aliphatic rings. The molecule has 0 spiro atoms. The Morgan fingerprint density at radius 1 is 1.56 bits per heavy atom. The summed E-state index contributed by atoms with van der Waals surface area (Å²) in [5, 5.41) is 8.61. The fourth-order valence-corrected chi connectivity index (χ4v) is 1.19. The van der Waals surface area contributed by atoms with Crippen LogP contribution in [0.2, 0.25) is 0 Å². The molecule has 88 valence electrons. The van der Waals surface area contributed by atoms with Gasteiger partial charge in [0.2, 0.25) is 5.91 Å². The van der Waals surface area contributed by atoms with Crippen molar-refractivity contribution < 1.29 is 9.59 Å². The van der Waals surface area contributed by atoms with Crippen LogP contribution in [0.5, 0.6) is 0 Å². The Bertz CT molecular complexity index is 377. The number of nitrogens with one attached hydrogen (secondary N) is 2. The molecule has 0 saturated carbocycles. The van der Waals surface area contributed by atoms with E-state index >= 15 is 0 Å². The van der Waals surface area contributed by atoms with Crippen molar-refractivity contribution in [3.63, 3.8) is 0 Å². The maximum Gasteiger partial charge on any atom is 0.321 e. The first-order valence-corrected chi connectivity index (χ1v) is 5.26. The maximum absolute atomic E-state index is 11.1. The summed E-state index contributed by atoms with van der Waals surface area (Å²) >= 11 is 5.23.